The zero-order valence-electron chi connectivity index (χ0n) is 12.2. The molecule has 5 heteroatoms. The normalized spacial score (nSPS) is 10.0. The van der Waals surface area contributed by atoms with Crippen molar-refractivity contribution in [3.8, 4) is 5.75 Å². The van der Waals surface area contributed by atoms with Gasteiger partial charge in [-0.3, -0.25) is 0 Å². The Hall–Kier alpha value is -2.66. The van der Waals surface area contributed by atoms with Crippen LogP contribution in [0.3, 0.4) is 0 Å². The molecular formula is C17H16O5. The number of carbonyl (C=O) groups excluding carboxylic acids is 2. The summed E-state index contributed by atoms with van der Waals surface area (Å²) in [6.07, 6.45) is 0. The molecule has 0 aliphatic carbocycles. The minimum Gasteiger partial charge on any atom is -0.457 e. The highest BCUT2D eigenvalue weighted by molar-refractivity contribution is 5.93. The summed E-state index contributed by atoms with van der Waals surface area (Å²) in [7, 11) is 1.39. The van der Waals surface area contributed by atoms with E-state index in [0.29, 0.717) is 0 Å². The van der Waals surface area contributed by atoms with E-state index in [4.69, 9.17) is 14.2 Å². The Bertz CT molecular complexity index is 637. The van der Waals surface area contributed by atoms with Crippen LogP contribution in [0.4, 0.5) is 0 Å². The van der Waals surface area contributed by atoms with E-state index < -0.39 is 11.9 Å². The number of hydrogen-bond acceptors (Lipinski definition) is 5. The summed E-state index contributed by atoms with van der Waals surface area (Å²) < 4.78 is 15.0. The number of benzene rings is 2. The van der Waals surface area contributed by atoms with Crippen LogP contribution in [0, 0.1) is 0 Å². The van der Waals surface area contributed by atoms with Crippen LogP contribution in [-0.4, -0.2) is 25.7 Å². The largest absolute Gasteiger partial charge is 0.457 e. The quantitative estimate of drug-likeness (QED) is 0.606. The molecule has 0 bridgehead atoms. The number of rotatable bonds is 6. The average Bonchev–Trinajstić information content (AvgIpc) is 2.54. The Balaban J connectivity index is 2.04. The Morgan fingerprint density at radius 2 is 1.64 bits per heavy atom. The molecule has 0 aromatic heterocycles. The summed E-state index contributed by atoms with van der Waals surface area (Å²) in [6, 6.07) is 15.8. The topological polar surface area (TPSA) is 61.8 Å². The summed E-state index contributed by atoms with van der Waals surface area (Å²) in [5.74, 6) is -0.974. The van der Waals surface area contributed by atoms with Gasteiger partial charge in [0.1, 0.15) is 24.5 Å². The molecule has 0 atom stereocenters. The minimum absolute atomic E-state index is 0.153. The third-order valence-electron chi connectivity index (χ3n) is 2.81. The van der Waals surface area contributed by atoms with Crippen LogP contribution >= 0.6 is 0 Å². The second-order valence-corrected chi connectivity index (χ2v) is 4.46. The van der Waals surface area contributed by atoms with Gasteiger partial charge in [0.15, 0.2) is 0 Å². The highest BCUT2D eigenvalue weighted by atomic mass is 16.6. The molecule has 0 aliphatic heterocycles. The highest BCUT2D eigenvalue weighted by Crippen LogP contribution is 2.19. The number of ether oxygens (including phenoxy) is 3. The van der Waals surface area contributed by atoms with Crippen LogP contribution < -0.4 is 4.74 Å². The van der Waals surface area contributed by atoms with E-state index in [2.05, 4.69) is 0 Å². The molecule has 2 aromatic carbocycles. The zero-order valence-corrected chi connectivity index (χ0v) is 12.2. The lowest BCUT2D eigenvalue weighted by atomic mass is 10.2. The predicted molar refractivity (Wildman–Crippen MR) is 79.5 cm³/mol. The number of hydrogen-bond donors (Lipinski definition) is 0. The Labute approximate surface area is 128 Å². The number of methoxy groups -OCH3 is 1. The van der Waals surface area contributed by atoms with Gasteiger partial charge in [-0.25, -0.2) is 9.59 Å². The van der Waals surface area contributed by atoms with Gasteiger partial charge in [0.25, 0.3) is 0 Å². The fraction of sp³-hybridized carbons (Fsp3) is 0.176. The van der Waals surface area contributed by atoms with Crippen molar-refractivity contribution in [1.29, 1.82) is 0 Å². The Morgan fingerprint density at radius 1 is 0.955 bits per heavy atom. The third-order valence-corrected chi connectivity index (χ3v) is 2.81. The summed E-state index contributed by atoms with van der Waals surface area (Å²) >= 11 is 0. The van der Waals surface area contributed by atoms with E-state index in [1.165, 1.54) is 13.2 Å². The number of carbonyl (C=O) groups is 2. The van der Waals surface area contributed by atoms with E-state index in [-0.39, 0.29) is 24.5 Å². The smallest absolute Gasteiger partial charge is 0.342 e. The molecule has 0 radical (unpaired) electrons. The molecule has 0 unspecified atom stereocenters. The van der Waals surface area contributed by atoms with Gasteiger partial charge in [0, 0.05) is 7.11 Å². The molecule has 0 heterocycles. The second-order valence-electron chi connectivity index (χ2n) is 4.46. The van der Waals surface area contributed by atoms with Crippen LogP contribution in [0.2, 0.25) is 0 Å². The SMILES string of the molecule is COCC(=O)Oc1ccccc1C(=O)OCc1ccccc1. The molecule has 0 saturated heterocycles. The van der Waals surface area contributed by atoms with Gasteiger partial charge in [0.2, 0.25) is 0 Å². The van der Waals surface area contributed by atoms with Crippen LogP contribution in [0.15, 0.2) is 54.6 Å². The van der Waals surface area contributed by atoms with E-state index in [0.717, 1.165) is 5.56 Å². The number of esters is 2. The fourth-order valence-corrected chi connectivity index (χ4v) is 1.80. The highest BCUT2D eigenvalue weighted by Gasteiger charge is 2.16. The first-order valence-electron chi connectivity index (χ1n) is 6.70. The van der Waals surface area contributed by atoms with Crippen molar-refractivity contribution in [2.75, 3.05) is 13.7 Å². The number of para-hydroxylation sites is 1. The average molecular weight is 300 g/mol. The van der Waals surface area contributed by atoms with Crippen molar-refractivity contribution in [2.45, 2.75) is 6.61 Å². The van der Waals surface area contributed by atoms with Crippen LogP contribution in [-0.2, 0) is 20.9 Å². The van der Waals surface area contributed by atoms with E-state index in [1.54, 1.807) is 18.2 Å². The van der Waals surface area contributed by atoms with Crippen LogP contribution in [0.1, 0.15) is 15.9 Å². The van der Waals surface area contributed by atoms with Crippen LogP contribution in [0.25, 0.3) is 0 Å². The molecule has 2 aromatic rings. The predicted octanol–water partition coefficient (Wildman–Crippen LogP) is 2.60. The van der Waals surface area contributed by atoms with Gasteiger partial charge in [-0.2, -0.15) is 0 Å². The lowest BCUT2D eigenvalue weighted by Crippen LogP contribution is -2.16. The monoisotopic (exact) mass is 300 g/mol. The first kappa shape index (κ1) is 15.7. The second kappa shape index (κ2) is 7.95. The molecule has 22 heavy (non-hydrogen) atoms. The summed E-state index contributed by atoms with van der Waals surface area (Å²) in [6.45, 7) is -0.0343. The molecular weight excluding hydrogens is 284 g/mol. The zero-order chi connectivity index (χ0) is 15.8. The van der Waals surface area contributed by atoms with E-state index >= 15 is 0 Å². The van der Waals surface area contributed by atoms with Crippen molar-refractivity contribution >= 4 is 11.9 Å². The molecule has 0 saturated carbocycles. The summed E-state index contributed by atoms with van der Waals surface area (Å²) in [5.41, 5.74) is 1.08. The van der Waals surface area contributed by atoms with Crippen LogP contribution in [0.5, 0.6) is 5.75 Å². The molecule has 0 aliphatic rings. The van der Waals surface area contributed by atoms with Gasteiger partial charge < -0.3 is 14.2 Å². The van der Waals surface area contributed by atoms with E-state index in [9.17, 15) is 9.59 Å². The lowest BCUT2D eigenvalue weighted by Gasteiger charge is -2.09. The third kappa shape index (κ3) is 4.43. The van der Waals surface area contributed by atoms with Crippen molar-refractivity contribution in [3.63, 3.8) is 0 Å². The van der Waals surface area contributed by atoms with Gasteiger partial charge in [0.05, 0.1) is 0 Å². The Morgan fingerprint density at radius 3 is 2.36 bits per heavy atom. The maximum Gasteiger partial charge on any atom is 0.342 e. The molecule has 0 N–H and O–H groups in total. The lowest BCUT2D eigenvalue weighted by molar-refractivity contribution is -0.138. The van der Waals surface area contributed by atoms with E-state index in [1.807, 2.05) is 30.3 Å². The minimum atomic E-state index is -0.578. The van der Waals surface area contributed by atoms with Crippen molar-refractivity contribution in [3.05, 3.63) is 65.7 Å². The van der Waals surface area contributed by atoms with Gasteiger partial charge >= 0.3 is 11.9 Å². The first-order chi connectivity index (χ1) is 10.7. The van der Waals surface area contributed by atoms with Gasteiger partial charge in [-0.15, -0.1) is 0 Å². The molecule has 0 spiro atoms. The maximum absolute atomic E-state index is 12.1. The molecule has 0 fully saturated rings. The summed E-state index contributed by atoms with van der Waals surface area (Å²) in [4.78, 5) is 23.6. The first-order valence-corrected chi connectivity index (χ1v) is 6.70. The standard InChI is InChI=1S/C17H16O5/c1-20-12-16(18)22-15-10-6-5-9-14(15)17(19)21-11-13-7-3-2-4-8-13/h2-10H,11-12H2,1H3. The molecule has 2 rings (SSSR count). The Kier molecular flexibility index (Phi) is 5.68. The molecule has 0 amide bonds. The van der Waals surface area contributed by atoms with Crippen molar-refractivity contribution in [1.82, 2.24) is 0 Å². The van der Waals surface area contributed by atoms with Crippen molar-refractivity contribution < 1.29 is 23.8 Å². The fourth-order valence-electron chi connectivity index (χ4n) is 1.80. The summed E-state index contributed by atoms with van der Waals surface area (Å²) in [5, 5.41) is 0. The van der Waals surface area contributed by atoms with Crippen molar-refractivity contribution in [2.24, 2.45) is 0 Å². The molecule has 5 nitrogen and oxygen atoms in total. The molecule has 114 valence electrons. The van der Waals surface area contributed by atoms with Gasteiger partial charge in [-0.05, 0) is 17.7 Å². The maximum atomic E-state index is 12.1. The van der Waals surface area contributed by atoms with Gasteiger partial charge in [-0.1, -0.05) is 42.5 Å².